The van der Waals surface area contributed by atoms with Crippen LogP contribution in [0, 0.1) is 5.92 Å². The van der Waals surface area contributed by atoms with Crippen LogP contribution in [0.3, 0.4) is 0 Å². The number of likely N-dealkylation sites (tertiary alicyclic amines) is 2. The SMILES string of the molecule is C(=C\c1ccccc1)/CN1CCC[C@@H]2CN(Cc3cccs3)CC[C@H]21. The molecule has 2 aromatic rings. The smallest absolute Gasteiger partial charge is 0.0328 e. The second-order valence-corrected chi connectivity index (χ2v) is 8.41. The second-order valence-electron chi connectivity index (χ2n) is 7.38. The van der Waals surface area contributed by atoms with Crippen molar-refractivity contribution >= 4 is 17.4 Å². The highest BCUT2D eigenvalue weighted by Gasteiger charge is 2.35. The van der Waals surface area contributed by atoms with Gasteiger partial charge in [0.2, 0.25) is 0 Å². The minimum absolute atomic E-state index is 0.786. The molecule has 2 fully saturated rings. The minimum Gasteiger partial charge on any atom is -0.298 e. The predicted molar refractivity (Wildman–Crippen MR) is 108 cm³/mol. The van der Waals surface area contributed by atoms with Gasteiger partial charge in [0.15, 0.2) is 0 Å². The topological polar surface area (TPSA) is 6.48 Å². The fourth-order valence-corrected chi connectivity index (χ4v) is 5.21. The first-order valence-electron chi connectivity index (χ1n) is 9.59. The second kappa shape index (κ2) is 8.31. The Kier molecular flexibility index (Phi) is 5.65. The van der Waals surface area contributed by atoms with E-state index in [-0.39, 0.29) is 0 Å². The molecule has 0 spiro atoms. The van der Waals surface area contributed by atoms with Crippen molar-refractivity contribution in [3.05, 3.63) is 64.4 Å². The quantitative estimate of drug-likeness (QED) is 0.766. The Balaban J connectivity index is 1.32. The monoisotopic (exact) mass is 352 g/mol. The summed E-state index contributed by atoms with van der Waals surface area (Å²) in [6, 6.07) is 15.9. The third kappa shape index (κ3) is 4.41. The molecular formula is C22H28N2S. The summed E-state index contributed by atoms with van der Waals surface area (Å²) in [7, 11) is 0. The van der Waals surface area contributed by atoms with E-state index in [0.29, 0.717) is 0 Å². The molecule has 0 radical (unpaired) electrons. The molecule has 0 amide bonds. The average Bonchev–Trinajstić information content (AvgIpc) is 3.16. The minimum atomic E-state index is 0.786. The van der Waals surface area contributed by atoms with E-state index in [1.54, 1.807) is 0 Å². The summed E-state index contributed by atoms with van der Waals surface area (Å²) in [6.45, 7) is 6.04. The van der Waals surface area contributed by atoms with Crippen LogP contribution in [0.4, 0.5) is 0 Å². The summed E-state index contributed by atoms with van der Waals surface area (Å²) in [6.07, 6.45) is 8.72. The predicted octanol–water partition coefficient (Wildman–Crippen LogP) is 4.75. The van der Waals surface area contributed by atoms with Crippen molar-refractivity contribution in [1.29, 1.82) is 0 Å². The molecule has 2 saturated heterocycles. The summed E-state index contributed by atoms with van der Waals surface area (Å²) in [5.74, 6) is 0.854. The maximum Gasteiger partial charge on any atom is 0.0328 e. The van der Waals surface area contributed by atoms with E-state index in [1.807, 2.05) is 11.3 Å². The zero-order valence-electron chi connectivity index (χ0n) is 14.9. The van der Waals surface area contributed by atoms with Crippen molar-refractivity contribution in [3.63, 3.8) is 0 Å². The lowest BCUT2D eigenvalue weighted by Crippen LogP contribution is -2.53. The number of hydrogen-bond acceptors (Lipinski definition) is 3. The van der Waals surface area contributed by atoms with Crippen molar-refractivity contribution in [1.82, 2.24) is 9.80 Å². The lowest BCUT2D eigenvalue weighted by Gasteiger charge is -2.47. The zero-order chi connectivity index (χ0) is 16.9. The van der Waals surface area contributed by atoms with Crippen LogP contribution in [0.15, 0.2) is 53.9 Å². The van der Waals surface area contributed by atoms with Gasteiger partial charge in [0.1, 0.15) is 0 Å². The molecule has 2 aliphatic heterocycles. The number of hydrogen-bond donors (Lipinski definition) is 0. The van der Waals surface area contributed by atoms with Gasteiger partial charge < -0.3 is 0 Å². The van der Waals surface area contributed by atoms with Crippen molar-refractivity contribution < 1.29 is 0 Å². The molecule has 4 rings (SSSR count). The van der Waals surface area contributed by atoms with Gasteiger partial charge in [-0.2, -0.15) is 0 Å². The first-order valence-corrected chi connectivity index (χ1v) is 10.5. The van der Waals surface area contributed by atoms with Crippen LogP contribution in [0.5, 0.6) is 0 Å². The number of benzene rings is 1. The van der Waals surface area contributed by atoms with Gasteiger partial charge in [-0.1, -0.05) is 48.6 Å². The Morgan fingerprint density at radius 3 is 2.80 bits per heavy atom. The summed E-state index contributed by atoms with van der Waals surface area (Å²) >= 11 is 1.89. The van der Waals surface area contributed by atoms with Gasteiger partial charge in [-0.25, -0.2) is 0 Å². The third-order valence-corrected chi connectivity index (χ3v) is 6.54. The zero-order valence-corrected chi connectivity index (χ0v) is 15.7. The van der Waals surface area contributed by atoms with Crippen LogP contribution in [-0.4, -0.2) is 42.0 Å². The molecule has 2 aliphatic rings. The van der Waals surface area contributed by atoms with Gasteiger partial charge >= 0.3 is 0 Å². The normalized spacial score (nSPS) is 25.3. The fraction of sp³-hybridized carbons (Fsp3) is 0.455. The summed E-state index contributed by atoms with van der Waals surface area (Å²) in [5.41, 5.74) is 1.31. The average molecular weight is 353 g/mol. The van der Waals surface area contributed by atoms with Gasteiger partial charge in [-0.15, -0.1) is 11.3 Å². The lowest BCUT2D eigenvalue weighted by molar-refractivity contribution is 0.0274. The Morgan fingerprint density at radius 2 is 1.96 bits per heavy atom. The van der Waals surface area contributed by atoms with Crippen LogP contribution in [0.1, 0.15) is 29.7 Å². The Morgan fingerprint density at radius 1 is 1.04 bits per heavy atom. The number of rotatable bonds is 5. The molecule has 1 aromatic heterocycles. The van der Waals surface area contributed by atoms with E-state index in [1.165, 1.54) is 49.3 Å². The van der Waals surface area contributed by atoms with Crippen LogP contribution >= 0.6 is 11.3 Å². The Labute approximate surface area is 155 Å². The van der Waals surface area contributed by atoms with Crippen LogP contribution in [0.2, 0.25) is 0 Å². The van der Waals surface area contributed by atoms with Gasteiger partial charge in [0.25, 0.3) is 0 Å². The van der Waals surface area contributed by atoms with Crippen LogP contribution < -0.4 is 0 Å². The molecule has 25 heavy (non-hydrogen) atoms. The highest BCUT2D eigenvalue weighted by molar-refractivity contribution is 7.09. The van der Waals surface area contributed by atoms with Gasteiger partial charge in [0.05, 0.1) is 0 Å². The van der Waals surface area contributed by atoms with E-state index in [9.17, 15) is 0 Å². The van der Waals surface area contributed by atoms with E-state index < -0.39 is 0 Å². The maximum atomic E-state index is 2.73. The molecule has 0 aliphatic carbocycles. The van der Waals surface area contributed by atoms with Crippen LogP contribution in [0.25, 0.3) is 6.08 Å². The molecule has 2 nitrogen and oxygen atoms in total. The van der Waals surface area contributed by atoms with Gasteiger partial charge in [0, 0.05) is 37.1 Å². The van der Waals surface area contributed by atoms with E-state index in [4.69, 9.17) is 0 Å². The van der Waals surface area contributed by atoms with Gasteiger partial charge in [-0.3, -0.25) is 9.80 Å². The molecule has 0 saturated carbocycles. The van der Waals surface area contributed by atoms with Crippen molar-refractivity contribution in [2.45, 2.75) is 31.8 Å². The van der Waals surface area contributed by atoms with E-state index in [0.717, 1.165) is 25.0 Å². The first-order chi connectivity index (χ1) is 12.4. The fourth-order valence-electron chi connectivity index (χ4n) is 4.46. The summed E-state index contributed by atoms with van der Waals surface area (Å²) in [4.78, 5) is 6.92. The number of fused-ring (bicyclic) bond motifs is 1. The molecule has 132 valence electrons. The number of piperidine rings is 2. The van der Waals surface area contributed by atoms with E-state index >= 15 is 0 Å². The highest BCUT2D eigenvalue weighted by Crippen LogP contribution is 2.31. The molecule has 3 heterocycles. The van der Waals surface area contributed by atoms with Gasteiger partial charge in [-0.05, 0) is 48.7 Å². The first kappa shape index (κ1) is 17.0. The maximum absolute atomic E-state index is 2.73. The summed E-state index contributed by atoms with van der Waals surface area (Å²) < 4.78 is 0. The summed E-state index contributed by atoms with van der Waals surface area (Å²) in [5, 5.41) is 2.20. The van der Waals surface area contributed by atoms with Crippen LogP contribution in [-0.2, 0) is 6.54 Å². The molecular weight excluding hydrogens is 324 g/mol. The lowest BCUT2D eigenvalue weighted by atomic mass is 9.84. The Hall–Kier alpha value is -1.42. The molecule has 3 heteroatoms. The number of thiophene rings is 1. The van der Waals surface area contributed by atoms with Crippen molar-refractivity contribution in [2.24, 2.45) is 5.92 Å². The van der Waals surface area contributed by atoms with E-state index in [2.05, 4.69) is 69.8 Å². The largest absolute Gasteiger partial charge is 0.298 e. The molecule has 0 unspecified atom stereocenters. The van der Waals surface area contributed by atoms with Crippen molar-refractivity contribution in [3.8, 4) is 0 Å². The van der Waals surface area contributed by atoms with Crippen molar-refractivity contribution in [2.75, 3.05) is 26.2 Å². The molecule has 2 atom stereocenters. The standard InChI is InChI=1S/C22H28N2S/c1-2-7-19(8-3-1)9-4-13-24-14-5-10-20-17-23(15-12-22(20)24)18-21-11-6-16-25-21/h1-4,6-9,11,16,20,22H,5,10,12-15,17-18H2/b9-4+/t20-,22-/m1/s1. The Bertz CT molecular complexity index is 665. The third-order valence-electron chi connectivity index (χ3n) is 5.68. The molecule has 1 aromatic carbocycles. The number of nitrogens with zero attached hydrogens (tertiary/aromatic N) is 2. The molecule has 0 bridgehead atoms. The highest BCUT2D eigenvalue weighted by atomic mass is 32.1. The molecule has 0 N–H and O–H groups in total.